The third kappa shape index (κ3) is 3.80. The van der Waals surface area contributed by atoms with Gasteiger partial charge in [-0.25, -0.2) is 0 Å². The highest BCUT2D eigenvalue weighted by Crippen LogP contribution is 2.31. The minimum Gasteiger partial charge on any atom is -0.480 e. The number of halogens is 1. The average molecular weight is 358 g/mol. The summed E-state index contributed by atoms with van der Waals surface area (Å²) < 4.78 is 5.78. The number of likely N-dealkylation sites (tertiary alicyclic amines) is 1. The van der Waals surface area contributed by atoms with Gasteiger partial charge in [0.15, 0.2) is 6.10 Å². The van der Waals surface area contributed by atoms with Crippen LogP contribution in [0.2, 0.25) is 5.02 Å². The van der Waals surface area contributed by atoms with Crippen LogP contribution in [0, 0.1) is 0 Å². The van der Waals surface area contributed by atoms with E-state index in [1.165, 1.54) is 10.5 Å². The van der Waals surface area contributed by atoms with Crippen LogP contribution in [0.4, 0.5) is 0 Å². The Morgan fingerprint density at radius 3 is 2.92 bits per heavy atom. The second kappa shape index (κ2) is 7.06. The van der Waals surface area contributed by atoms with Crippen molar-refractivity contribution in [3.05, 3.63) is 64.7 Å². The Bertz CT molecular complexity index is 766. The molecule has 1 fully saturated rings. The van der Waals surface area contributed by atoms with Crippen LogP contribution >= 0.6 is 11.6 Å². The minimum absolute atomic E-state index is 0.0155. The Morgan fingerprint density at radius 2 is 2.08 bits per heavy atom. The summed E-state index contributed by atoms with van der Waals surface area (Å²) in [6, 6.07) is 16.2. The number of hydrogen-bond acceptors (Lipinski definition) is 2. The summed E-state index contributed by atoms with van der Waals surface area (Å²) in [5.74, 6) is 0.755. The molecule has 0 bridgehead atoms. The van der Waals surface area contributed by atoms with E-state index in [4.69, 9.17) is 16.3 Å². The van der Waals surface area contributed by atoms with Gasteiger partial charge in [0.05, 0.1) is 19.1 Å². The zero-order chi connectivity index (χ0) is 17.2. The van der Waals surface area contributed by atoms with E-state index in [-0.39, 0.29) is 11.9 Å². The molecule has 0 aliphatic carbocycles. The van der Waals surface area contributed by atoms with Crippen LogP contribution in [-0.2, 0) is 17.8 Å². The van der Waals surface area contributed by atoms with Crippen molar-refractivity contribution in [2.45, 2.75) is 31.5 Å². The highest BCUT2D eigenvalue weighted by atomic mass is 35.5. The van der Waals surface area contributed by atoms with Crippen molar-refractivity contribution in [3.8, 4) is 5.75 Å². The van der Waals surface area contributed by atoms with Gasteiger partial charge in [-0.1, -0.05) is 41.9 Å². The van der Waals surface area contributed by atoms with Gasteiger partial charge in [0.25, 0.3) is 5.91 Å². The molecule has 2 N–H and O–H groups in total. The third-order valence-electron chi connectivity index (χ3n) is 5.01. The number of fused-ring (bicyclic) bond motifs is 1. The first-order chi connectivity index (χ1) is 12.2. The predicted octanol–water partition coefficient (Wildman–Crippen LogP) is 1.62. The van der Waals surface area contributed by atoms with E-state index >= 15 is 0 Å². The molecule has 4 nitrogen and oxygen atoms in total. The van der Waals surface area contributed by atoms with E-state index in [2.05, 4.69) is 29.6 Å². The van der Waals surface area contributed by atoms with E-state index in [1.807, 2.05) is 18.2 Å². The maximum absolute atomic E-state index is 12.5. The quantitative estimate of drug-likeness (QED) is 0.873. The molecule has 0 aromatic heterocycles. The summed E-state index contributed by atoms with van der Waals surface area (Å²) in [4.78, 5) is 14.1. The smallest absolute Gasteiger partial charge is 0.261 e. The first-order valence-corrected chi connectivity index (χ1v) is 9.18. The fourth-order valence-corrected chi connectivity index (χ4v) is 3.95. The summed E-state index contributed by atoms with van der Waals surface area (Å²) in [6.45, 7) is 3.06. The molecule has 0 saturated carbocycles. The van der Waals surface area contributed by atoms with E-state index in [9.17, 15) is 4.79 Å². The zero-order valence-corrected chi connectivity index (χ0v) is 14.8. The lowest BCUT2D eigenvalue weighted by molar-refractivity contribution is -0.901. The topological polar surface area (TPSA) is 42.8 Å². The lowest BCUT2D eigenvalue weighted by Gasteiger charge is -2.16. The van der Waals surface area contributed by atoms with Crippen LogP contribution in [0.15, 0.2) is 48.5 Å². The molecule has 2 aliphatic rings. The summed E-state index contributed by atoms with van der Waals surface area (Å²) >= 11 is 6.01. The minimum atomic E-state index is -0.438. The monoisotopic (exact) mass is 357 g/mol. The summed E-state index contributed by atoms with van der Waals surface area (Å²) in [6.07, 6.45) is 1.17. The molecule has 2 aromatic rings. The van der Waals surface area contributed by atoms with E-state index < -0.39 is 6.10 Å². The molecule has 2 aliphatic heterocycles. The lowest BCUT2D eigenvalue weighted by atomic mass is 10.1. The summed E-state index contributed by atoms with van der Waals surface area (Å²) in [5, 5.41) is 3.85. The number of quaternary nitrogens is 1. The van der Waals surface area contributed by atoms with E-state index in [0.29, 0.717) is 11.4 Å². The molecular weight excluding hydrogens is 336 g/mol. The van der Waals surface area contributed by atoms with Gasteiger partial charge in [-0.3, -0.25) is 4.79 Å². The van der Waals surface area contributed by atoms with E-state index in [0.717, 1.165) is 37.4 Å². The van der Waals surface area contributed by atoms with Gasteiger partial charge in [-0.05, 0) is 23.8 Å². The molecule has 5 heteroatoms. The van der Waals surface area contributed by atoms with Crippen LogP contribution in [0.3, 0.4) is 0 Å². The van der Waals surface area contributed by atoms with Gasteiger partial charge in [0, 0.05) is 23.4 Å². The van der Waals surface area contributed by atoms with Crippen LogP contribution in [0.25, 0.3) is 0 Å². The first-order valence-electron chi connectivity index (χ1n) is 8.80. The largest absolute Gasteiger partial charge is 0.480 e. The Hall–Kier alpha value is -2.04. The van der Waals surface area contributed by atoms with Crippen LogP contribution in [-0.4, -0.2) is 31.1 Å². The molecule has 1 amide bonds. The molecular formula is C20H22ClN2O2+. The summed E-state index contributed by atoms with van der Waals surface area (Å²) in [7, 11) is 0. The number of nitrogens with one attached hydrogen (secondary N) is 2. The molecule has 4 rings (SSSR count). The molecule has 130 valence electrons. The van der Waals surface area contributed by atoms with Crippen molar-refractivity contribution in [2.24, 2.45) is 0 Å². The number of hydrogen-bond donors (Lipinski definition) is 2. The van der Waals surface area contributed by atoms with Crippen LogP contribution < -0.4 is 15.0 Å². The van der Waals surface area contributed by atoms with E-state index in [1.54, 1.807) is 6.07 Å². The van der Waals surface area contributed by atoms with Crippen molar-refractivity contribution >= 4 is 17.5 Å². The fourth-order valence-electron chi connectivity index (χ4n) is 3.76. The van der Waals surface area contributed by atoms with Crippen molar-refractivity contribution in [3.63, 3.8) is 0 Å². The molecule has 1 unspecified atom stereocenters. The fraction of sp³-hybridized carbons (Fsp3) is 0.350. The normalized spacial score (nSPS) is 24.6. The number of amides is 1. The number of ether oxygens (including phenoxy) is 1. The number of carbonyl (C=O) groups excluding carboxylic acids is 1. The molecule has 25 heavy (non-hydrogen) atoms. The van der Waals surface area contributed by atoms with Gasteiger partial charge in [0.2, 0.25) is 0 Å². The molecule has 0 radical (unpaired) electrons. The maximum Gasteiger partial charge on any atom is 0.261 e. The SMILES string of the molecule is O=C(N[C@@H]1CC[NH+](Cc2ccccc2)C1)[C@@H]1Cc2cc(Cl)ccc2O1. The molecule has 0 spiro atoms. The Labute approximate surface area is 152 Å². The standard InChI is InChI=1S/C20H21ClN2O2/c21-16-6-7-18-15(10-16)11-19(25-18)20(24)22-17-8-9-23(13-17)12-14-4-2-1-3-5-14/h1-7,10,17,19H,8-9,11-13H2,(H,22,24)/p+1/t17-,19+/m1/s1. The van der Waals surface area contributed by atoms with Gasteiger partial charge in [-0.15, -0.1) is 0 Å². The Morgan fingerprint density at radius 1 is 1.24 bits per heavy atom. The molecule has 2 heterocycles. The number of carbonyl (C=O) groups is 1. The maximum atomic E-state index is 12.5. The third-order valence-corrected chi connectivity index (χ3v) is 5.25. The second-order valence-corrected chi connectivity index (χ2v) is 7.36. The van der Waals surface area contributed by atoms with Gasteiger partial charge in [-0.2, -0.15) is 0 Å². The number of benzene rings is 2. The first kappa shape index (κ1) is 16.4. The highest BCUT2D eigenvalue weighted by molar-refractivity contribution is 6.30. The predicted molar refractivity (Wildman–Crippen MR) is 97.0 cm³/mol. The Balaban J connectivity index is 1.29. The van der Waals surface area contributed by atoms with Crippen molar-refractivity contribution < 1.29 is 14.4 Å². The lowest BCUT2D eigenvalue weighted by Crippen LogP contribution is -3.09. The van der Waals surface area contributed by atoms with Crippen molar-refractivity contribution in [1.82, 2.24) is 5.32 Å². The van der Waals surface area contributed by atoms with Gasteiger partial charge < -0.3 is 15.0 Å². The van der Waals surface area contributed by atoms with Gasteiger partial charge in [0.1, 0.15) is 12.3 Å². The molecule has 3 atom stereocenters. The Kier molecular flexibility index (Phi) is 4.64. The highest BCUT2D eigenvalue weighted by Gasteiger charge is 2.33. The van der Waals surface area contributed by atoms with Crippen LogP contribution in [0.5, 0.6) is 5.75 Å². The zero-order valence-electron chi connectivity index (χ0n) is 14.0. The average Bonchev–Trinajstić information content (AvgIpc) is 3.22. The van der Waals surface area contributed by atoms with Crippen molar-refractivity contribution in [1.29, 1.82) is 0 Å². The molecule has 2 aromatic carbocycles. The number of rotatable bonds is 4. The van der Waals surface area contributed by atoms with Crippen LogP contribution in [0.1, 0.15) is 17.5 Å². The van der Waals surface area contributed by atoms with Gasteiger partial charge >= 0.3 is 0 Å². The second-order valence-electron chi connectivity index (χ2n) is 6.92. The van der Waals surface area contributed by atoms with Crippen molar-refractivity contribution in [2.75, 3.05) is 13.1 Å². The molecule has 1 saturated heterocycles. The summed E-state index contributed by atoms with van der Waals surface area (Å²) in [5.41, 5.74) is 2.35.